The lowest BCUT2D eigenvalue weighted by atomic mass is 10.1. The number of halogens is 3. The number of alkyl halides is 3. The van der Waals surface area contributed by atoms with Gasteiger partial charge in [0.15, 0.2) is 0 Å². The van der Waals surface area contributed by atoms with Crippen molar-refractivity contribution < 1.29 is 37.8 Å². The van der Waals surface area contributed by atoms with Gasteiger partial charge < -0.3 is 20.4 Å². The summed E-state index contributed by atoms with van der Waals surface area (Å²) in [7, 11) is 0. The number of nitrogens with zero attached hydrogens (tertiary/aromatic N) is 1. The summed E-state index contributed by atoms with van der Waals surface area (Å²) in [6, 6.07) is 12.3. The molecular weight excluding hydrogens is 465 g/mol. The van der Waals surface area contributed by atoms with Gasteiger partial charge >= 0.3 is 18.1 Å². The Morgan fingerprint density at radius 2 is 1.46 bits per heavy atom. The van der Waals surface area contributed by atoms with Gasteiger partial charge in [-0.05, 0) is 49.1 Å². The molecule has 0 fully saturated rings. The molecule has 7 nitrogen and oxygen atoms in total. The normalized spacial score (nSPS) is 11.0. The first-order valence-electron chi connectivity index (χ1n) is 10.9. The second-order valence-corrected chi connectivity index (χ2v) is 8.86. The van der Waals surface area contributed by atoms with Crippen molar-refractivity contribution in [1.29, 1.82) is 0 Å². The van der Waals surface area contributed by atoms with E-state index in [9.17, 15) is 27.9 Å². The number of amides is 1. The molecule has 0 aliphatic carbocycles. The number of hydrogen-bond donors (Lipinski definition) is 3. The molecule has 0 unspecified atom stereocenters. The van der Waals surface area contributed by atoms with Crippen LogP contribution in [0.15, 0.2) is 42.5 Å². The molecule has 0 aromatic heterocycles. The Kier molecular flexibility index (Phi) is 10.8. The van der Waals surface area contributed by atoms with E-state index in [4.69, 9.17) is 9.90 Å². The third-order valence-electron chi connectivity index (χ3n) is 4.53. The molecule has 3 N–H and O–H groups in total. The number of anilines is 2. The Bertz CT molecular complexity index is 1030. The molecule has 2 aromatic rings. The minimum absolute atomic E-state index is 0.150. The van der Waals surface area contributed by atoms with Crippen molar-refractivity contribution in [2.45, 2.75) is 40.8 Å². The number of aromatic carboxylic acids is 1. The van der Waals surface area contributed by atoms with Crippen molar-refractivity contribution in [3.63, 3.8) is 0 Å². The third kappa shape index (κ3) is 10.1. The first-order valence-corrected chi connectivity index (χ1v) is 10.9. The summed E-state index contributed by atoms with van der Waals surface area (Å²) >= 11 is 0. The van der Waals surface area contributed by atoms with Crippen molar-refractivity contribution in [3.05, 3.63) is 59.2 Å². The number of aryl methyl sites for hydroxylation is 1. The average molecular weight is 497 g/mol. The first kappa shape index (κ1) is 29.5. The minimum atomic E-state index is -5.08. The van der Waals surface area contributed by atoms with E-state index in [1.54, 1.807) is 24.3 Å². The molecular formula is C25H31F3N2O5. The van der Waals surface area contributed by atoms with Crippen LogP contribution in [0.2, 0.25) is 0 Å². The number of carboxylic acids is 2. The van der Waals surface area contributed by atoms with Crippen LogP contribution in [-0.2, 0) is 4.79 Å². The van der Waals surface area contributed by atoms with Gasteiger partial charge in [-0.15, -0.1) is 0 Å². The van der Waals surface area contributed by atoms with E-state index in [1.165, 1.54) is 0 Å². The Hall–Kier alpha value is -3.56. The topological polar surface area (TPSA) is 107 Å². The average Bonchev–Trinajstić information content (AvgIpc) is 2.72. The van der Waals surface area contributed by atoms with Gasteiger partial charge in [0, 0.05) is 18.7 Å². The van der Waals surface area contributed by atoms with Crippen molar-refractivity contribution in [1.82, 2.24) is 0 Å². The molecule has 0 saturated carbocycles. The van der Waals surface area contributed by atoms with Gasteiger partial charge in [0.25, 0.3) is 5.91 Å². The lowest BCUT2D eigenvalue weighted by molar-refractivity contribution is -0.192. The molecule has 2 aromatic carbocycles. The highest BCUT2D eigenvalue weighted by molar-refractivity contribution is 6.06. The third-order valence-corrected chi connectivity index (χ3v) is 4.53. The van der Waals surface area contributed by atoms with E-state index in [0.29, 0.717) is 23.1 Å². The molecule has 0 atom stereocenters. The second-order valence-electron chi connectivity index (χ2n) is 8.86. The molecule has 0 heterocycles. The summed E-state index contributed by atoms with van der Waals surface area (Å²) in [6.07, 6.45) is -5.08. The molecule has 0 spiro atoms. The molecule has 0 saturated heterocycles. The van der Waals surface area contributed by atoms with Crippen LogP contribution in [0, 0.1) is 18.8 Å². The maximum absolute atomic E-state index is 12.8. The van der Waals surface area contributed by atoms with Crippen LogP contribution in [0.25, 0.3) is 0 Å². The van der Waals surface area contributed by atoms with Gasteiger partial charge in [-0.2, -0.15) is 13.2 Å². The second kappa shape index (κ2) is 12.8. The first-order chi connectivity index (χ1) is 16.1. The number of hydrogen-bond acceptors (Lipinski definition) is 4. The van der Waals surface area contributed by atoms with Crippen LogP contribution in [0.3, 0.4) is 0 Å². The predicted molar refractivity (Wildman–Crippen MR) is 128 cm³/mol. The molecule has 0 radical (unpaired) electrons. The van der Waals surface area contributed by atoms with E-state index in [1.807, 2.05) is 25.1 Å². The quantitative estimate of drug-likeness (QED) is 0.433. The molecule has 0 aliphatic heterocycles. The highest BCUT2D eigenvalue weighted by Gasteiger charge is 2.38. The molecule has 35 heavy (non-hydrogen) atoms. The fraction of sp³-hybridized carbons (Fsp3) is 0.400. The summed E-state index contributed by atoms with van der Waals surface area (Å²) in [5, 5.41) is 19.4. The summed E-state index contributed by atoms with van der Waals surface area (Å²) in [5.74, 6) is -3.16. The Balaban J connectivity index is 0.000000762. The summed E-state index contributed by atoms with van der Waals surface area (Å²) in [6.45, 7) is 12.1. The number of benzene rings is 2. The van der Waals surface area contributed by atoms with Crippen LogP contribution in [-0.4, -0.2) is 47.3 Å². The number of carboxylic acid groups (broad SMARTS) is 2. The van der Waals surface area contributed by atoms with E-state index in [2.05, 4.69) is 37.9 Å². The molecule has 0 bridgehead atoms. The van der Waals surface area contributed by atoms with E-state index in [0.717, 1.165) is 24.3 Å². The van der Waals surface area contributed by atoms with E-state index >= 15 is 0 Å². The lowest BCUT2D eigenvalue weighted by Crippen LogP contribution is -2.32. The van der Waals surface area contributed by atoms with Crippen molar-refractivity contribution >= 4 is 29.2 Å². The lowest BCUT2D eigenvalue weighted by Gasteiger charge is -2.30. The monoisotopic (exact) mass is 496 g/mol. The van der Waals surface area contributed by atoms with Crippen LogP contribution < -0.4 is 10.2 Å². The van der Waals surface area contributed by atoms with E-state index < -0.39 is 18.1 Å². The fourth-order valence-corrected chi connectivity index (χ4v) is 3.18. The Labute approximate surface area is 202 Å². The van der Waals surface area contributed by atoms with Crippen LogP contribution in [0.4, 0.5) is 24.5 Å². The minimum Gasteiger partial charge on any atom is -0.478 e. The molecule has 10 heteroatoms. The maximum atomic E-state index is 12.8. The number of aliphatic carboxylic acids is 1. The summed E-state index contributed by atoms with van der Waals surface area (Å²) in [5.41, 5.74) is 3.05. The number of nitrogens with one attached hydrogen (secondary N) is 1. The number of carbonyl (C=O) groups excluding carboxylic acids is 1. The summed E-state index contributed by atoms with van der Waals surface area (Å²) in [4.78, 5) is 35.4. The predicted octanol–water partition coefficient (Wildman–Crippen LogP) is 5.70. The van der Waals surface area contributed by atoms with Gasteiger partial charge in [0.2, 0.25) is 0 Å². The van der Waals surface area contributed by atoms with Crippen LogP contribution in [0.1, 0.15) is 54.0 Å². The molecule has 0 aliphatic rings. The van der Waals surface area contributed by atoms with Crippen molar-refractivity contribution in [3.8, 4) is 0 Å². The van der Waals surface area contributed by atoms with Gasteiger partial charge in [-0.3, -0.25) is 4.79 Å². The zero-order valence-corrected chi connectivity index (χ0v) is 20.3. The highest BCUT2D eigenvalue weighted by Crippen LogP contribution is 2.29. The number of rotatable bonds is 8. The van der Waals surface area contributed by atoms with Crippen LogP contribution >= 0.6 is 0 Å². The van der Waals surface area contributed by atoms with E-state index in [-0.39, 0.29) is 11.5 Å². The maximum Gasteiger partial charge on any atom is 0.490 e. The largest absolute Gasteiger partial charge is 0.490 e. The Morgan fingerprint density at radius 3 is 1.89 bits per heavy atom. The van der Waals surface area contributed by atoms with Gasteiger partial charge in [-0.25, -0.2) is 9.59 Å². The standard InChI is InChI=1S/C23H30N2O3.C2HF3O2/c1-15(2)13-25(14-16(3)4)21-10-9-19(23(27)28)12-20(21)24-22(26)18-8-6-7-17(5)11-18;3-2(4,5)1(6)7/h6-12,15-16H,13-14H2,1-5H3,(H,24,26)(H,27,28);(H,6,7). The summed E-state index contributed by atoms with van der Waals surface area (Å²) < 4.78 is 31.7. The zero-order chi connectivity index (χ0) is 26.9. The molecule has 1 amide bonds. The zero-order valence-electron chi connectivity index (χ0n) is 20.3. The fourth-order valence-electron chi connectivity index (χ4n) is 3.18. The highest BCUT2D eigenvalue weighted by atomic mass is 19.4. The van der Waals surface area contributed by atoms with Gasteiger partial charge in [0.1, 0.15) is 0 Å². The van der Waals surface area contributed by atoms with Crippen molar-refractivity contribution in [2.75, 3.05) is 23.3 Å². The van der Waals surface area contributed by atoms with Gasteiger partial charge in [0.05, 0.1) is 16.9 Å². The van der Waals surface area contributed by atoms with Crippen LogP contribution in [0.5, 0.6) is 0 Å². The van der Waals surface area contributed by atoms with Gasteiger partial charge in [-0.1, -0.05) is 45.4 Å². The SMILES string of the molecule is Cc1cccc(C(=O)Nc2cc(C(=O)O)ccc2N(CC(C)C)CC(C)C)c1.O=C(O)C(F)(F)F. The number of carbonyl (C=O) groups is 3. The smallest absolute Gasteiger partial charge is 0.478 e. The molecule has 2 rings (SSSR count). The Morgan fingerprint density at radius 1 is 0.914 bits per heavy atom. The molecule has 192 valence electrons. The van der Waals surface area contributed by atoms with Crippen molar-refractivity contribution in [2.24, 2.45) is 11.8 Å².